The van der Waals surface area contributed by atoms with Gasteiger partial charge < -0.3 is 5.32 Å². The molecule has 3 aromatic rings. The van der Waals surface area contributed by atoms with Crippen LogP contribution >= 0.6 is 23.2 Å². The van der Waals surface area contributed by atoms with Gasteiger partial charge in [0.1, 0.15) is 0 Å². The summed E-state index contributed by atoms with van der Waals surface area (Å²) in [7, 11) is 0. The van der Waals surface area contributed by atoms with Crippen LogP contribution < -0.4 is 5.32 Å². The summed E-state index contributed by atoms with van der Waals surface area (Å²) in [5.74, 6) is 0. The first kappa shape index (κ1) is 14.2. The van der Waals surface area contributed by atoms with E-state index in [1.54, 1.807) is 6.20 Å². The van der Waals surface area contributed by atoms with Crippen LogP contribution in [0.5, 0.6) is 0 Å². The Morgan fingerprint density at radius 2 is 1.86 bits per heavy atom. The third-order valence-corrected chi connectivity index (χ3v) is 3.83. The molecule has 0 amide bonds. The van der Waals surface area contributed by atoms with Gasteiger partial charge in [-0.3, -0.25) is 4.98 Å². The molecule has 0 spiro atoms. The zero-order chi connectivity index (χ0) is 14.8. The number of halogens is 2. The van der Waals surface area contributed by atoms with Crippen LogP contribution in [0.2, 0.25) is 5.02 Å². The third-order valence-electron chi connectivity index (χ3n) is 3.36. The largest absolute Gasteiger partial charge is 0.355 e. The number of anilines is 2. The second-order valence-corrected chi connectivity index (χ2v) is 5.94. The average Bonchev–Trinajstić information content (AvgIpc) is 2.47. The number of aromatic nitrogens is 1. The summed E-state index contributed by atoms with van der Waals surface area (Å²) in [6, 6.07) is 15.7. The minimum atomic E-state index is -0.0590. The van der Waals surface area contributed by atoms with Gasteiger partial charge in [-0.05, 0) is 42.8 Å². The van der Waals surface area contributed by atoms with Gasteiger partial charge in [0.05, 0.1) is 10.9 Å². The molecule has 1 atom stereocenters. The molecule has 2 aromatic carbocycles. The highest BCUT2D eigenvalue weighted by Gasteiger charge is 2.09. The van der Waals surface area contributed by atoms with E-state index >= 15 is 0 Å². The van der Waals surface area contributed by atoms with Crippen molar-refractivity contribution in [2.45, 2.75) is 12.3 Å². The molecule has 0 radical (unpaired) electrons. The number of alkyl halides is 1. The van der Waals surface area contributed by atoms with Crippen LogP contribution in [0.1, 0.15) is 17.9 Å². The molecule has 0 aliphatic carbocycles. The van der Waals surface area contributed by atoms with Crippen molar-refractivity contribution in [3.8, 4) is 0 Å². The highest BCUT2D eigenvalue weighted by atomic mass is 35.5. The Hall–Kier alpha value is -1.77. The molecule has 21 heavy (non-hydrogen) atoms. The maximum atomic E-state index is 6.24. The van der Waals surface area contributed by atoms with E-state index in [0.29, 0.717) is 5.02 Å². The zero-order valence-electron chi connectivity index (χ0n) is 11.5. The third kappa shape index (κ3) is 2.97. The highest BCUT2D eigenvalue weighted by Crippen LogP contribution is 2.32. The number of hydrogen-bond donors (Lipinski definition) is 1. The average molecular weight is 317 g/mol. The predicted octanol–water partition coefficient (Wildman–Crippen LogP) is 5.93. The van der Waals surface area contributed by atoms with Crippen molar-refractivity contribution >= 4 is 45.5 Å². The summed E-state index contributed by atoms with van der Waals surface area (Å²) in [5, 5.41) is 5.10. The van der Waals surface area contributed by atoms with Crippen molar-refractivity contribution in [3.05, 3.63) is 65.3 Å². The Kier molecular flexibility index (Phi) is 4.00. The van der Waals surface area contributed by atoms with Gasteiger partial charge in [-0.15, -0.1) is 11.6 Å². The summed E-state index contributed by atoms with van der Waals surface area (Å²) in [4.78, 5) is 4.35. The topological polar surface area (TPSA) is 24.9 Å². The van der Waals surface area contributed by atoms with E-state index in [9.17, 15) is 0 Å². The first-order valence-corrected chi connectivity index (χ1v) is 7.51. The monoisotopic (exact) mass is 316 g/mol. The molecule has 0 saturated heterocycles. The molecule has 1 N–H and O–H groups in total. The zero-order valence-corrected chi connectivity index (χ0v) is 13.0. The Morgan fingerprint density at radius 3 is 2.67 bits per heavy atom. The first-order chi connectivity index (χ1) is 10.1. The summed E-state index contributed by atoms with van der Waals surface area (Å²) >= 11 is 12.3. The summed E-state index contributed by atoms with van der Waals surface area (Å²) < 4.78 is 0. The molecule has 1 aromatic heterocycles. The van der Waals surface area contributed by atoms with Crippen LogP contribution in [0.15, 0.2) is 54.7 Å². The number of benzene rings is 2. The molecule has 3 rings (SSSR count). The maximum Gasteiger partial charge on any atom is 0.0737 e. The second-order valence-electron chi connectivity index (χ2n) is 4.85. The van der Waals surface area contributed by atoms with Gasteiger partial charge in [-0.2, -0.15) is 0 Å². The van der Waals surface area contributed by atoms with Crippen molar-refractivity contribution in [3.63, 3.8) is 0 Å². The molecule has 2 nitrogen and oxygen atoms in total. The van der Waals surface area contributed by atoms with E-state index < -0.39 is 0 Å². The molecule has 0 saturated carbocycles. The van der Waals surface area contributed by atoms with Gasteiger partial charge in [0.15, 0.2) is 0 Å². The van der Waals surface area contributed by atoms with Crippen LogP contribution in [0.3, 0.4) is 0 Å². The smallest absolute Gasteiger partial charge is 0.0737 e. The lowest BCUT2D eigenvalue weighted by Crippen LogP contribution is -1.97. The fraction of sp³-hybridized carbons (Fsp3) is 0.118. The van der Waals surface area contributed by atoms with Gasteiger partial charge in [0.2, 0.25) is 0 Å². The first-order valence-electron chi connectivity index (χ1n) is 6.69. The molecule has 1 heterocycles. The number of nitrogens with zero attached hydrogens (tertiary/aromatic N) is 1. The van der Waals surface area contributed by atoms with Gasteiger partial charge in [0, 0.05) is 28.0 Å². The number of hydrogen-bond acceptors (Lipinski definition) is 2. The number of nitrogens with one attached hydrogen (secondary N) is 1. The fourth-order valence-corrected chi connectivity index (χ4v) is 2.69. The predicted molar refractivity (Wildman–Crippen MR) is 90.7 cm³/mol. The molecule has 0 bridgehead atoms. The van der Waals surface area contributed by atoms with E-state index in [1.165, 1.54) is 0 Å². The molecule has 106 valence electrons. The fourth-order valence-electron chi connectivity index (χ4n) is 2.33. The number of para-hydroxylation sites is 1. The normalized spacial score (nSPS) is 12.3. The molecular weight excluding hydrogens is 303 g/mol. The minimum absolute atomic E-state index is 0.0590. The number of rotatable bonds is 3. The van der Waals surface area contributed by atoms with E-state index in [4.69, 9.17) is 23.2 Å². The van der Waals surface area contributed by atoms with Crippen molar-refractivity contribution in [1.29, 1.82) is 0 Å². The molecule has 1 unspecified atom stereocenters. The Morgan fingerprint density at radius 1 is 1.05 bits per heavy atom. The quantitative estimate of drug-likeness (QED) is 0.605. The summed E-state index contributed by atoms with van der Waals surface area (Å²) in [5.41, 5.74) is 3.92. The van der Waals surface area contributed by atoms with Gasteiger partial charge in [-0.1, -0.05) is 29.8 Å². The van der Waals surface area contributed by atoms with E-state index in [0.717, 1.165) is 27.8 Å². The standard InChI is InChI=1S/C17H14Cl2N2/c1-11(18)13-4-2-3-5-15(13)21-16-8-9-20-17-10-12(19)6-7-14(16)17/h2-11H,1H3,(H,20,21). The van der Waals surface area contributed by atoms with E-state index in [2.05, 4.69) is 10.3 Å². The molecule has 0 fully saturated rings. The van der Waals surface area contributed by atoms with E-state index in [-0.39, 0.29) is 5.38 Å². The van der Waals surface area contributed by atoms with Gasteiger partial charge >= 0.3 is 0 Å². The van der Waals surface area contributed by atoms with Crippen LogP contribution in [-0.2, 0) is 0 Å². The lowest BCUT2D eigenvalue weighted by molar-refractivity contribution is 1.09. The van der Waals surface area contributed by atoms with Crippen LogP contribution in [-0.4, -0.2) is 4.98 Å². The van der Waals surface area contributed by atoms with Crippen molar-refractivity contribution in [2.24, 2.45) is 0 Å². The van der Waals surface area contributed by atoms with Crippen molar-refractivity contribution < 1.29 is 0 Å². The number of fused-ring (bicyclic) bond motifs is 1. The molecular formula is C17H14Cl2N2. The Balaban J connectivity index is 2.07. The lowest BCUT2D eigenvalue weighted by Gasteiger charge is -2.15. The Bertz CT molecular complexity index is 785. The van der Waals surface area contributed by atoms with Gasteiger partial charge in [0.25, 0.3) is 0 Å². The summed E-state index contributed by atoms with van der Waals surface area (Å²) in [6.07, 6.45) is 1.77. The van der Waals surface area contributed by atoms with Crippen molar-refractivity contribution in [2.75, 3.05) is 5.32 Å². The van der Waals surface area contributed by atoms with Crippen LogP contribution in [0.4, 0.5) is 11.4 Å². The Labute approximate surface area is 133 Å². The minimum Gasteiger partial charge on any atom is -0.355 e. The lowest BCUT2D eigenvalue weighted by atomic mass is 10.1. The number of pyridine rings is 1. The van der Waals surface area contributed by atoms with Gasteiger partial charge in [-0.25, -0.2) is 0 Å². The summed E-state index contributed by atoms with van der Waals surface area (Å²) in [6.45, 7) is 1.96. The van der Waals surface area contributed by atoms with Crippen LogP contribution in [0, 0.1) is 0 Å². The molecule has 0 aliphatic heterocycles. The second kappa shape index (κ2) is 5.92. The van der Waals surface area contributed by atoms with Crippen molar-refractivity contribution in [1.82, 2.24) is 4.98 Å². The highest BCUT2D eigenvalue weighted by molar-refractivity contribution is 6.31. The van der Waals surface area contributed by atoms with E-state index in [1.807, 2.05) is 55.5 Å². The van der Waals surface area contributed by atoms with Crippen LogP contribution in [0.25, 0.3) is 10.9 Å². The SMILES string of the molecule is CC(Cl)c1ccccc1Nc1ccnc2cc(Cl)ccc12. The molecule has 4 heteroatoms. The molecule has 0 aliphatic rings. The maximum absolute atomic E-state index is 6.24.